The van der Waals surface area contributed by atoms with Crippen LogP contribution in [0.5, 0.6) is 0 Å². The largest absolute Gasteiger partial charge is 0.366 e. The van der Waals surface area contributed by atoms with E-state index in [1.165, 1.54) is 5.56 Å². The average Bonchev–Trinajstić information content (AvgIpc) is 2.04. The Morgan fingerprint density at radius 2 is 2.25 bits per heavy atom. The highest BCUT2D eigenvalue weighted by Gasteiger charge is 2.02. The summed E-state index contributed by atoms with van der Waals surface area (Å²) in [5, 5.41) is 0. The summed E-state index contributed by atoms with van der Waals surface area (Å²) in [5.74, 6) is -0.390. The molecule has 1 amide bonds. The van der Waals surface area contributed by atoms with Crippen LogP contribution in [0.15, 0.2) is 22.7 Å². The number of benzene rings is 1. The van der Waals surface area contributed by atoms with Crippen LogP contribution in [0.25, 0.3) is 0 Å². The number of amides is 1. The fourth-order valence-electron chi connectivity index (χ4n) is 0.987. The van der Waals surface area contributed by atoms with Gasteiger partial charge in [0.1, 0.15) is 0 Å². The van der Waals surface area contributed by atoms with E-state index in [-0.39, 0.29) is 0 Å². The van der Waals surface area contributed by atoms with Gasteiger partial charge in [0.2, 0.25) is 5.91 Å². The number of halogens is 1. The van der Waals surface area contributed by atoms with Gasteiger partial charge in [0.25, 0.3) is 0 Å². The molecule has 1 rings (SSSR count). The zero-order valence-electron chi connectivity index (χ0n) is 6.80. The molecule has 3 heteroatoms. The van der Waals surface area contributed by atoms with Crippen LogP contribution in [-0.4, -0.2) is 5.91 Å². The van der Waals surface area contributed by atoms with Crippen molar-refractivity contribution < 1.29 is 4.79 Å². The fraction of sp³-hybridized carbons (Fsp3) is 0.222. The molecule has 0 radical (unpaired) electrons. The van der Waals surface area contributed by atoms with Crippen LogP contribution < -0.4 is 5.73 Å². The van der Waals surface area contributed by atoms with Crippen LogP contribution in [-0.2, 0) is 6.42 Å². The molecule has 1 aromatic rings. The van der Waals surface area contributed by atoms with E-state index in [9.17, 15) is 4.79 Å². The second kappa shape index (κ2) is 3.72. The predicted molar refractivity (Wildman–Crippen MR) is 52.0 cm³/mol. The number of hydrogen-bond acceptors (Lipinski definition) is 1. The normalized spacial score (nSPS) is 9.83. The Bertz CT molecular complexity index is 309. The van der Waals surface area contributed by atoms with E-state index in [4.69, 9.17) is 5.73 Å². The molecule has 0 aliphatic carbocycles. The van der Waals surface area contributed by atoms with Crippen LogP contribution in [0, 0.1) is 0 Å². The van der Waals surface area contributed by atoms with Gasteiger partial charge >= 0.3 is 0 Å². The average molecular weight is 228 g/mol. The van der Waals surface area contributed by atoms with Gasteiger partial charge in [-0.05, 0) is 24.1 Å². The maximum atomic E-state index is 10.8. The molecule has 0 heterocycles. The van der Waals surface area contributed by atoms with Crippen LogP contribution in [0.3, 0.4) is 0 Å². The first-order valence-electron chi connectivity index (χ1n) is 3.73. The first kappa shape index (κ1) is 9.26. The van der Waals surface area contributed by atoms with E-state index in [0.717, 1.165) is 10.9 Å². The van der Waals surface area contributed by atoms with Crippen molar-refractivity contribution in [2.45, 2.75) is 13.3 Å². The van der Waals surface area contributed by atoms with Gasteiger partial charge in [-0.3, -0.25) is 4.79 Å². The molecule has 0 aliphatic rings. The second-order valence-corrected chi connectivity index (χ2v) is 3.38. The van der Waals surface area contributed by atoms with E-state index < -0.39 is 5.91 Å². The lowest BCUT2D eigenvalue weighted by Gasteiger charge is -2.01. The monoisotopic (exact) mass is 227 g/mol. The van der Waals surface area contributed by atoms with Crippen LogP contribution >= 0.6 is 15.9 Å². The SMILES string of the molecule is CCc1ccc(C(N)=O)cc1Br. The van der Waals surface area contributed by atoms with Gasteiger partial charge in [0, 0.05) is 10.0 Å². The summed E-state index contributed by atoms with van der Waals surface area (Å²) < 4.78 is 0.946. The first-order chi connectivity index (χ1) is 5.65. The van der Waals surface area contributed by atoms with Crippen molar-refractivity contribution in [3.63, 3.8) is 0 Å². The van der Waals surface area contributed by atoms with Gasteiger partial charge in [0.15, 0.2) is 0 Å². The fourth-order valence-corrected chi connectivity index (χ4v) is 1.65. The molecule has 0 spiro atoms. The molecule has 1 aromatic carbocycles. The molecule has 64 valence electrons. The molecule has 0 aliphatic heterocycles. The van der Waals surface area contributed by atoms with Crippen molar-refractivity contribution in [3.05, 3.63) is 33.8 Å². The highest BCUT2D eigenvalue weighted by Crippen LogP contribution is 2.18. The van der Waals surface area contributed by atoms with Gasteiger partial charge in [-0.15, -0.1) is 0 Å². The van der Waals surface area contributed by atoms with Gasteiger partial charge in [-0.1, -0.05) is 28.9 Å². The minimum Gasteiger partial charge on any atom is -0.366 e. The molecule has 0 aromatic heterocycles. The van der Waals surface area contributed by atoms with E-state index in [1.807, 2.05) is 6.07 Å². The molecule has 0 saturated heterocycles. The van der Waals surface area contributed by atoms with Crippen LogP contribution in [0.1, 0.15) is 22.8 Å². The highest BCUT2D eigenvalue weighted by atomic mass is 79.9. The number of carbonyl (C=O) groups is 1. The molecule has 0 unspecified atom stereocenters. The number of hydrogen-bond donors (Lipinski definition) is 1. The molecular formula is C9H10BrNO. The summed E-state index contributed by atoms with van der Waals surface area (Å²) in [4.78, 5) is 10.8. The summed E-state index contributed by atoms with van der Waals surface area (Å²) in [6.07, 6.45) is 0.944. The molecule has 0 atom stereocenters. The molecular weight excluding hydrogens is 218 g/mol. The summed E-state index contributed by atoms with van der Waals surface area (Å²) in [6.45, 7) is 2.06. The number of primary amides is 1. The zero-order valence-corrected chi connectivity index (χ0v) is 8.39. The summed E-state index contributed by atoms with van der Waals surface area (Å²) in [7, 11) is 0. The van der Waals surface area contributed by atoms with Gasteiger partial charge in [-0.2, -0.15) is 0 Å². The zero-order chi connectivity index (χ0) is 9.14. The van der Waals surface area contributed by atoms with Crippen molar-refractivity contribution in [2.75, 3.05) is 0 Å². The third-order valence-corrected chi connectivity index (χ3v) is 2.46. The quantitative estimate of drug-likeness (QED) is 0.827. The van der Waals surface area contributed by atoms with Crippen LogP contribution in [0.4, 0.5) is 0 Å². The number of nitrogens with two attached hydrogens (primary N) is 1. The number of carbonyl (C=O) groups excluding carboxylic acids is 1. The van der Waals surface area contributed by atoms with Crippen LogP contribution in [0.2, 0.25) is 0 Å². The standard InChI is InChI=1S/C9H10BrNO/c1-2-6-3-4-7(9(11)12)5-8(6)10/h3-5H,2H2,1H3,(H2,11,12). The predicted octanol–water partition coefficient (Wildman–Crippen LogP) is 2.11. The Morgan fingerprint density at radius 3 is 2.67 bits per heavy atom. The van der Waals surface area contributed by atoms with Gasteiger partial charge < -0.3 is 5.73 Å². The maximum Gasteiger partial charge on any atom is 0.248 e. The molecule has 2 nitrogen and oxygen atoms in total. The van der Waals surface area contributed by atoms with E-state index in [1.54, 1.807) is 12.1 Å². The lowest BCUT2D eigenvalue weighted by molar-refractivity contribution is 0.1000. The van der Waals surface area contributed by atoms with Crippen molar-refractivity contribution in [2.24, 2.45) is 5.73 Å². The summed E-state index contributed by atoms with van der Waals surface area (Å²) >= 11 is 3.37. The van der Waals surface area contributed by atoms with Crippen molar-refractivity contribution in [3.8, 4) is 0 Å². The number of aryl methyl sites for hydroxylation is 1. The van der Waals surface area contributed by atoms with Crippen molar-refractivity contribution in [1.29, 1.82) is 0 Å². The topological polar surface area (TPSA) is 43.1 Å². The minimum atomic E-state index is -0.390. The van der Waals surface area contributed by atoms with E-state index in [0.29, 0.717) is 5.56 Å². The molecule has 0 fully saturated rings. The highest BCUT2D eigenvalue weighted by molar-refractivity contribution is 9.10. The molecule has 0 bridgehead atoms. The summed E-state index contributed by atoms with van der Waals surface area (Å²) in [5.41, 5.74) is 6.84. The number of rotatable bonds is 2. The minimum absolute atomic E-state index is 0.390. The third-order valence-electron chi connectivity index (χ3n) is 1.72. The first-order valence-corrected chi connectivity index (χ1v) is 4.52. The maximum absolute atomic E-state index is 10.8. The Morgan fingerprint density at radius 1 is 1.58 bits per heavy atom. The molecule has 2 N–H and O–H groups in total. The van der Waals surface area contributed by atoms with Gasteiger partial charge in [0.05, 0.1) is 0 Å². The van der Waals surface area contributed by atoms with E-state index in [2.05, 4.69) is 22.9 Å². The smallest absolute Gasteiger partial charge is 0.248 e. The second-order valence-electron chi connectivity index (χ2n) is 2.52. The Labute approximate surface area is 79.9 Å². The summed E-state index contributed by atoms with van der Waals surface area (Å²) in [6, 6.07) is 5.40. The Kier molecular flexibility index (Phi) is 2.87. The lowest BCUT2D eigenvalue weighted by Crippen LogP contribution is -2.10. The Hall–Kier alpha value is -0.830. The molecule has 0 saturated carbocycles. The van der Waals surface area contributed by atoms with Crippen molar-refractivity contribution >= 4 is 21.8 Å². The molecule has 12 heavy (non-hydrogen) atoms. The Balaban J connectivity index is 3.10. The van der Waals surface area contributed by atoms with Crippen molar-refractivity contribution in [1.82, 2.24) is 0 Å². The third kappa shape index (κ3) is 1.85. The van der Waals surface area contributed by atoms with E-state index >= 15 is 0 Å². The lowest BCUT2D eigenvalue weighted by atomic mass is 10.1. The van der Waals surface area contributed by atoms with Gasteiger partial charge in [-0.25, -0.2) is 0 Å².